The van der Waals surface area contributed by atoms with Crippen molar-refractivity contribution < 1.29 is 14.3 Å². The molecule has 0 atom stereocenters. The summed E-state index contributed by atoms with van der Waals surface area (Å²) < 4.78 is 5.29. The van der Waals surface area contributed by atoms with E-state index >= 15 is 0 Å². The molecule has 0 unspecified atom stereocenters. The molecule has 2 amide bonds. The molecule has 0 N–H and O–H groups in total. The van der Waals surface area contributed by atoms with Crippen LogP contribution in [-0.4, -0.2) is 60.2 Å². The first-order valence-electron chi connectivity index (χ1n) is 7.37. The standard InChI is InChI=1S/C16H18N2O3S2/c1-22-13-4-2-12(3-5-13)10-14-15(19)18(16(20)23-14)11-17-6-8-21-9-7-17/h2-5,10H,6-9,11H2,1H3/b14-10+. The predicted molar refractivity (Wildman–Crippen MR) is 93.3 cm³/mol. The minimum Gasteiger partial charge on any atom is -0.379 e. The Hall–Kier alpha value is -1.28. The van der Waals surface area contributed by atoms with E-state index in [-0.39, 0.29) is 11.1 Å². The predicted octanol–water partition coefficient (Wildman–Crippen LogP) is 2.73. The maximum atomic E-state index is 12.5. The first-order valence-corrected chi connectivity index (χ1v) is 9.41. The van der Waals surface area contributed by atoms with Crippen LogP contribution in [-0.2, 0) is 9.53 Å². The Labute approximate surface area is 144 Å². The topological polar surface area (TPSA) is 49.9 Å². The lowest BCUT2D eigenvalue weighted by atomic mass is 10.2. The second kappa shape index (κ2) is 7.53. The molecule has 0 saturated carbocycles. The third-order valence-corrected chi connectivity index (χ3v) is 5.38. The van der Waals surface area contributed by atoms with Crippen molar-refractivity contribution in [2.75, 3.05) is 39.2 Å². The average Bonchev–Trinajstić information content (AvgIpc) is 2.84. The molecule has 2 aliphatic heterocycles. The van der Waals surface area contributed by atoms with E-state index in [1.54, 1.807) is 17.8 Å². The number of imide groups is 1. The molecule has 23 heavy (non-hydrogen) atoms. The quantitative estimate of drug-likeness (QED) is 0.615. The number of benzene rings is 1. The van der Waals surface area contributed by atoms with Gasteiger partial charge in [-0.05, 0) is 41.8 Å². The largest absolute Gasteiger partial charge is 0.379 e. The first-order chi connectivity index (χ1) is 11.2. The zero-order valence-electron chi connectivity index (χ0n) is 12.9. The number of hydrogen-bond acceptors (Lipinski definition) is 6. The van der Waals surface area contributed by atoms with E-state index in [2.05, 4.69) is 4.90 Å². The van der Waals surface area contributed by atoms with Crippen LogP contribution in [0.3, 0.4) is 0 Å². The van der Waals surface area contributed by atoms with Gasteiger partial charge in [-0.3, -0.25) is 19.4 Å². The Morgan fingerprint density at radius 3 is 2.57 bits per heavy atom. The van der Waals surface area contributed by atoms with Crippen LogP contribution >= 0.6 is 23.5 Å². The summed E-state index contributed by atoms with van der Waals surface area (Å²) >= 11 is 2.68. The summed E-state index contributed by atoms with van der Waals surface area (Å²) in [5.41, 5.74) is 0.930. The number of morpholine rings is 1. The Morgan fingerprint density at radius 1 is 1.22 bits per heavy atom. The zero-order valence-corrected chi connectivity index (χ0v) is 14.5. The molecule has 2 saturated heterocycles. The lowest BCUT2D eigenvalue weighted by molar-refractivity contribution is -0.125. The highest BCUT2D eigenvalue weighted by Gasteiger charge is 2.36. The van der Waals surface area contributed by atoms with Crippen LogP contribution < -0.4 is 0 Å². The highest BCUT2D eigenvalue weighted by molar-refractivity contribution is 8.18. The van der Waals surface area contributed by atoms with Gasteiger partial charge in [0.25, 0.3) is 11.1 Å². The van der Waals surface area contributed by atoms with E-state index in [1.165, 1.54) is 9.80 Å². The van der Waals surface area contributed by atoms with Gasteiger partial charge in [0.05, 0.1) is 24.8 Å². The molecule has 1 aromatic carbocycles. The summed E-state index contributed by atoms with van der Waals surface area (Å²) in [6, 6.07) is 7.94. The van der Waals surface area contributed by atoms with Crippen molar-refractivity contribution in [3.8, 4) is 0 Å². The van der Waals surface area contributed by atoms with E-state index in [0.717, 1.165) is 30.4 Å². The Kier molecular flexibility index (Phi) is 5.42. The smallest absolute Gasteiger partial charge is 0.294 e. The van der Waals surface area contributed by atoms with Gasteiger partial charge >= 0.3 is 0 Å². The van der Waals surface area contributed by atoms with Crippen molar-refractivity contribution >= 4 is 40.7 Å². The maximum absolute atomic E-state index is 12.5. The number of nitrogens with zero attached hydrogens (tertiary/aromatic N) is 2. The summed E-state index contributed by atoms with van der Waals surface area (Å²) in [5.74, 6) is -0.208. The van der Waals surface area contributed by atoms with E-state index < -0.39 is 0 Å². The molecule has 0 radical (unpaired) electrons. The summed E-state index contributed by atoms with van der Waals surface area (Å²) in [4.78, 5) is 29.6. The first kappa shape index (κ1) is 16.6. The molecule has 0 aromatic heterocycles. The zero-order chi connectivity index (χ0) is 16.2. The molecule has 2 heterocycles. The van der Waals surface area contributed by atoms with Gasteiger partial charge in [-0.15, -0.1) is 11.8 Å². The second-order valence-corrected chi connectivity index (χ2v) is 7.13. The summed E-state index contributed by atoms with van der Waals surface area (Å²) in [6.07, 6.45) is 3.81. The number of carbonyl (C=O) groups is 2. The molecule has 2 aliphatic rings. The minimum atomic E-state index is -0.208. The van der Waals surface area contributed by atoms with Crippen LogP contribution in [0.25, 0.3) is 6.08 Å². The van der Waals surface area contributed by atoms with Crippen LogP contribution in [0, 0.1) is 0 Å². The molecular weight excluding hydrogens is 332 g/mol. The Morgan fingerprint density at radius 2 is 1.91 bits per heavy atom. The van der Waals surface area contributed by atoms with Gasteiger partial charge in [-0.25, -0.2) is 0 Å². The fourth-order valence-corrected chi connectivity index (χ4v) is 3.66. The highest BCUT2D eigenvalue weighted by Crippen LogP contribution is 2.32. The average molecular weight is 350 g/mol. The molecule has 0 aliphatic carbocycles. The van der Waals surface area contributed by atoms with Gasteiger partial charge in [-0.2, -0.15) is 0 Å². The van der Waals surface area contributed by atoms with Crippen LogP contribution in [0.4, 0.5) is 4.79 Å². The maximum Gasteiger partial charge on any atom is 0.294 e. The molecule has 1 aromatic rings. The second-order valence-electron chi connectivity index (χ2n) is 5.25. The minimum absolute atomic E-state index is 0.200. The van der Waals surface area contributed by atoms with Gasteiger partial charge in [0.2, 0.25) is 0 Å². The Bertz CT molecular complexity index is 625. The molecule has 0 bridgehead atoms. The third-order valence-electron chi connectivity index (χ3n) is 3.73. The van der Waals surface area contributed by atoms with Crippen LogP contribution in [0.1, 0.15) is 5.56 Å². The third kappa shape index (κ3) is 3.98. The molecule has 2 fully saturated rings. The number of ether oxygens (including phenoxy) is 1. The van der Waals surface area contributed by atoms with Crippen LogP contribution in [0.2, 0.25) is 0 Å². The van der Waals surface area contributed by atoms with Crippen molar-refractivity contribution in [2.24, 2.45) is 0 Å². The SMILES string of the molecule is CSc1ccc(/C=C2/SC(=O)N(CN3CCOCC3)C2=O)cc1. The number of thioether (sulfide) groups is 2. The molecule has 3 rings (SSSR count). The van der Waals surface area contributed by atoms with Gasteiger partial charge in [0, 0.05) is 18.0 Å². The van der Waals surface area contributed by atoms with E-state index in [0.29, 0.717) is 24.8 Å². The lowest BCUT2D eigenvalue weighted by Gasteiger charge is -2.29. The van der Waals surface area contributed by atoms with Crippen molar-refractivity contribution in [1.82, 2.24) is 9.80 Å². The lowest BCUT2D eigenvalue weighted by Crippen LogP contribution is -2.45. The van der Waals surface area contributed by atoms with Crippen LogP contribution in [0.15, 0.2) is 34.1 Å². The van der Waals surface area contributed by atoms with Gasteiger partial charge in [0.15, 0.2) is 0 Å². The summed E-state index contributed by atoms with van der Waals surface area (Å²) in [5, 5.41) is -0.200. The molecule has 122 valence electrons. The number of rotatable bonds is 4. The van der Waals surface area contributed by atoms with Crippen molar-refractivity contribution in [3.05, 3.63) is 34.7 Å². The van der Waals surface area contributed by atoms with Crippen molar-refractivity contribution in [2.45, 2.75) is 4.90 Å². The van der Waals surface area contributed by atoms with Crippen LogP contribution in [0.5, 0.6) is 0 Å². The van der Waals surface area contributed by atoms with E-state index in [1.807, 2.05) is 30.5 Å². The summed E-state index contributed by atoms with van der Waals surface area (Å²) in [6.45, 7) is 3.13. The van der Waals surface area contributed by atoms with Crippen molar-refractivity contribution in [3.63, 3.8) is 0 Å². The van der Waals surface area contributed by atoms with E-state index in [4.69, 9.17) is 4.74 Å². The van der Waals surface area contributed by atoms with Gasteiger partial charge in [-0.1, -0.05) is 12.1 Å². The molecular formula is C16H18N2O3S2. The van der Waals surface area contributed by atoms with Gasteiger partial charge < -0.3 is 4.74 Å². The Balaban J connectivity index is 1.70. The fraction of sp³-hybridized carbons (Fsp3) is 0.375. The molecule has 7 heteroatoms. The number of hydrogen-bond donors (Lipinski definition) is 0. The van der Waals surface area contributed by atoms with E-state index in [9.17, 15) is 9.59 Å². The fourth-order valence-electron chi connectivity index (χ4n) is 2.42. The highest BCUT2D eigenvalue weighted by atomic mass is 32.2. The number of amides is 2. The summed E-state index contributed by atoms with van der Waals surface area (Å²) in [7, 11) is 0. The molecule has 5 nitrogen and oxygen atoms in total. The molecule has 0 spiro atoms. The normalized spacial score (nSPS) is 21.4. The van der Waals surface area contributed by atoms with Gasteiger partial charge in [0.1, 0.15) is 0 Å². The monoisotopic (exact) mass is 350 g/mol. The van der Waals surface area contributed by atoms with Crippen molar-refractivity contribution in [1.29, 1.82) is 0 Å². The number of carbonyl (C=O) groups excluding carboxylic acids is 2.